The van der Waals surface area contributed by atoms with Crippen molar-refractivity contribution < 1.29 is 9.84 Å². The molecule has 0 amide bonds. The van der Waals surface area contributed by atoms with E-state index < -0.39 is 0 Å². The molecule has 0 spiro atoms. The Bertz CT molecular complexity index is 337. The van der Waals surface area contributed by atoms with E-state index in [1.54, 1.807) is 4.68 Å². The molecule has 1 aromatic rings. The lowest BCUT2D eigenvalue weighted by Gasteiger charge is -2.21. The van der Waals surface area contributed by atoms with Crippen LogP contribution in [0.5, 0.6) is 0 Å². The number of aromatic nitrogens is 3. The van der Waals surface area contributed by atoms with E-state index in [4.69, 9.17) is 9.84 Å². The number of nitrogens with one attached hydrogen (secondary N) is 1. The van der Waals surface area contributed by atoms with Crippen molar-refractivity contribution in [3.05, 3.63) is 11.9 Å². The second-order valence-electron chi connectivity index (χ2n) is 4.76. The van der Waals surface area contributed by atoms with Gasteiger partial charge in [0.25, 0.3) is 0 Å². The van der Waals surface area contributed by atoms with Crippen LogP contribution in [-0.2, 0) is 17.8 Å². The predicted octanol–water partition coefficient (Wildman–Crippen LogP) is 0.177. The van der Waals surface area contributed by atoms with Gasteiger partial charge in [-0.3, -0.25) is 4.68 Å². The second-order valence-corrected chi connectivity index (χ2v) is 4.76. The lowest BCUT2D eigenvalue weighted by Crippen LogP contribution is -2.28. The number of aliphatic hydroxyl groups is 1. The minimum absolute atomic E-state index is 0.190. The van der Waals surface area contributed by atoms with E-state index >= 15 is 0 Å². The van der Waals surface area contributed by atoms with Crippen LogP contribution in [0.3, 0.4) is 0 Å². The molecule has 1 saturated heterocycles. The molecule has 2 rings (SSSR count). The summed E-state index contributed by atoms with van der Waals surface area (Å²) < 4.78 is 7.21. The van der Waals surface area contributed by atoms with E-state index in [9.17, 15) is 0 Å². The fraction of sp³-hybridized carbons (Fsp3) is 0.833. The first-order chi connectivity index (χ1) is 8.88. The molecular formula is C12H22N4O2. The topological polar surface area (TPSA) is 72.2 Å². The van der Waals surface area contributed by atoms with Gasteiger partial charge in [-0.1, -0.05) is 5.21 Å². The largest absolute Gasteiger partial charge is 0.396 e. The second kappa shape index (κ2) is 7.45. The zero-order valence-electron chi connectivity index (χ0n) is 10.7. The quantitative estimate of drug-likeness (QED) is 0.726. The van der Waals surface area contributed by atoms with Crippen molar-refractivity contribution in [1.29, 1.82) is 0 Å². The van der Waals surface area contributed by atoms with Crippen LogP contribution in [-0.4, -0.2) is 46.5 Å². The third-order valence-corrected chi connectivity index (χ3v) is 3.13. The molecule has 18 heavy (non-hydrogen) atoms. The summed E-state index contributed by atoms with van der Waals surface area (Å²) in [5, 5.41) is 20.2. The van der Waals surface area contributed by atoms with Gasteiger partial charge >= 0.3 is 0 Å². The van der Waals surface area contributed by atoms with Crippen molar-refractivity contribution in [1.82, 2.24) is 20.3 Å². The van der Waals surface area contributed by atoms with E-state index in [1.165, 1.54) is 12.8 Å². The van der Waals surface area contributed by atoms with E-state index in [0.717, 1.165) is 45.0 Å². The summed E-state index contributed by atoms with van der Waals surface area (Å²) in [6, 6.07) is 0. The number of rotatable bonds is 7. The molecule has 102 valence electrons. The average molecular weight is 254 g/mol. The molecule has 0 aliphatic carbocycles. The zero-order valence-corrected chi connectivity index (χ0v) is 10.7. The molecular weight excluding hydrogens is 232 g/mol. The summed E-state index contributed by atoms with van der Waals surface area (Å²) in [6.07, 6.45) is 5.07. The van der Waals surface area contributed by atoms with Gasteiger partial charge in [0.15, 0.2) is 0 Å². The summed E-state index contributed by atoms with van der Waals surface area (Å²) in [7, 11) is 0. The Morgan fingerprint density at radius 3 is 3.28 bits per heavy atom. The minimum atomic E-state index is 0.190. The van der Waals surface area contributed by atoms with Gasteiger partial charge in [0.2, 0.25) is 0 Å². The van der Waals surface area contributed by atoms with Crippen LogP contribution in [0.2, 0.25) is 0 Å². The Morgan fingerprint density at radius 2 is 2.50 bits per heavy atom. The molecule has 0 bridgehead atoms. The molecule has 0 aromatic carbocycles. The molecule has 1 aliphatic heterocycles. The molecule has 0 radical (unpaired) electrons. The smallest absolute Gasteiger partial charge is 0.0964 e. The maximum atomic E-state index is 8.73. The van der Waals surface area contributed by atoms with E-state index in [1.807, 2.05) is 6.20 Å². The lowest BCUT2D eigenvalue weighted by molar-refractivity contribution is 0.0547. The van der Waals surface area contributed by atoms with Crippen LogP contribution in [0.15, 0.2) is 6.20 Å². The zero-order chi connectivity index (χ0) is 12.6. The molecule has 6 heteroatoms. The van der Waals surface area contributed by atoms with Gasteiger partial charge in [0.1, 0.15) is 0 Å². The minimum Gasteiger partial charge on any atom is -0.396 e. The Labute approximate surface area is 107 Å². The van der Waals surface area contributed by atoms with Crippen LogP contribution in [0.1, 0.15) is 25.0 Å². The average Bonchev–Trinajstić information content (AvgIpc) is 2.85. The van der Waals surface area contributed by atoms with Crippen molar-refractivity contribution in [2.24, 2.45) is 5.92 Å². The highest BCUT2D eigenvalue weighted by molar-refractivity contribution is 4.91. The molecule has 2 heterocycles. The van der Waals surface area contributed by atoms with Crippen LogP contribution < -0.4 is 5.32 Å². The Kier molecular flexibility index (Phi) is 5.57. The highest BCUT2D eigenvalue weighted by Gasteiger charge is 2.13. The van der Waals surface area contributed by atoms with Crippen LogP contribution >= 0.6 is 0 Å². The Hall–Kier alpha value is -0.980. The fourth-order valence-corrected chi connectivity index (χ4v) is 2.13. The first-order valence-electron chi connectivity index (χ1n) is 6.67. The summed E-state index contributed by atoms with van der Waals surface area (Å²) in [4.78, 5) is 0. The maximum absolute atomic E-state index is 8.73. The molecule has 1 unspecified atom stereocenters. The van der Waals surface area contributed by atoms with Crippen LogP contribution in [0.25, 0.3) is 0 Å². The summed E-state index contributed by atoms with van der Waals surface area (Å²) in [6.45, 7) is 4.42. The van der Waals surface area contributed by atoms with Gasteiger partial charge in [-0.25, -0.2) is 0 Å². The molecule has 1 aromatic heterocycles. The number of aliphatic hydroxyl groups excluding tert-OH is 1. The van der Waals surface area contributed by atoms with Crippen LogP contribution in [0.4, 0.5) is 0 Å². The molecule has 1 aliphatic rings. The predicted molar refractivity (Wildman–Crippen MR) is 67.0 cm³/mol. The summed E-state index contributed by atoms with van der Waals surface area (Å²) in [5.74, 6) is 0.628. The van der Waals surface area contributed by atoms with Crippen molar-refractivity contribution in [2.75, 3.05) is 26.4 Å². The van der Waals surface area contributed by atoms with Gasteiger partial charge < -0.3 is 15.2 Å². The monoisotopic (exact) mass is 254 g/mol. The molecule has 2 N–H and O–H groups in total. The molecule has 1 atom stereocenters. The van der Waals surface area contributed by atoms with Crippen molar-refractivity contribution in [3.8, 4) is 0 Å². The molecule has 1 fully saturated rings. The van der Waals surface area contributed by atoms with Crippen molar-refractivity contribution >= 4 is 0 Å². The first kappa shape index (κ1) is 13.5. The standard InChI is InChI=1S/C12H22N4O2/c17-5-2-4-16-9-12(14-15-16)8-13-7-11-3-1-6-18-10-11/h9,11,13,17H,1-8,10H2. The van der Waals surface area contributed by atoms with E-state index in [2.05, 4.69) is 15.6 Å². The normalized spacial score (nSPS) is 20.2. The summed E-state index contributed by atoms with van der Waals surface area (Å²) in [5.41, 5.74) is 0.949. The number of hydrogen-bond acceptors (Lipinski definition) is 5. The van der Waals surface area contributed by atoms with Gasteiger partial charge in [0.05, 0.1) is 12.3 Å². The third-order valence-electron chi connectivity index (χ3n) is 3.13. The third kappa shape index (κ3) is 4.36. The Balaban J connectivity index is 1.64. The first-order valence-corrected chi connectivity index (χ1v) is 6.67. The maximum Gasteiger partial charge on any atom is 0.0964 e. The highest BCUT2D eigenvalue weighted by atomic mass is 16.5. The summed E-state index contributed by atoms with van der Waals surface area (Å²) >= 11 is 0. The van der Waals surface area contributed by atoms with Gasteiger partial charge in [-0.05, 0) is 25.2 Å². The number of hydrogen-bond donors (Lipinski definition) is 2. The highest BCUT2D eigenvalue weighted by Crippen LogP contribution is 2.12. The lowest BCUT2D eigenvalue weighted by atomic mass is 10.0. The van der Waals surface area contributed by atoms with E-state index in [-0.39, 0.29) is 6.61 Å². The number of ether oxygens (including phenoxy) is 1. The van der Waals surface area contributed by atoms with Crippen LogP contribution in [0, 0.1) is 5.92 Å². The van der Waals surface area contributed by atoms with Gasteiger partial charge in [-0.15, -0.1) is 5.10 Å². The van der Waals surface area contributed by atoms with Crippen molar-refractivity contribution in [2.45, 2.75) is 32.4 Å². The van der Waals surface area contributed by atoms with E-state index in [0.29, 0.717) is 5.92 Å². The fourth-order valence-electron chi connectivity index (χ4n) is 2.13. The van der Waals surface area contributed by atoms with Gasteiger partial charge in [-0.2, -0.15) is 0 Å². The SMILES string of the molecule is OCCCn1cc(CNCC2CCCOC2)nn1. The van der Waals surface area contributed by atoms with Gasteiger partial charge in [0, 0.05) is 39.0 Å². The molecule has 6 nitrogen and oxygen atoms in total. The molecule has 0 saturated carbocycles. The Morgan fingerprint density at radius 1 is 1.56 bits per heavy atom. The van der Waals surface area contributed by atoms with Crippen molar-refractivity contribution in [3.63, 3.8) is 0 Å². The number of aryl methyl sites for hydroxylation is 1. The number of nitrogens with zero attached hydrogens (tertiary/aromatic N) is 3.